The summed E-state index contributed by atoms with van der Waals surface area (Å²) in [4.78, 5) is 14.0. The molecule has 1 aromatic carbocycles. The van der Waals surface area contributed by atoms with E-state index in [1.165, 1.54) is 0 Å². The molecule has 1 amide bonds. The number of aliphatic hydroxyl groups excluding tert-OH is 1. The predicted octanol–water partition coefficient (Wildman–Crippen LogP) is 2.64. The van der Waals surface area contributed by atoms with E-state index in [1.54, 1.807) is 4.90 Å². The fraction of sp³-hybridized carbons (Fsp3) is 0.611. The summed E-state index contributed by atoms with van der Waals surface area (Å²) in [5.74, 6) is 1.31. The largest absolute Gasteiger partial charge is 0.494 e. The highest BCUT2D eigenvalue weighted by atomic mass is 16.5. The highest BCUT2D eigenvalue weighted by molar-refractivity contribution is 5.76. The van der Waals surface area contributed by atoms with Gasteiger partial charge in [0.1, 0.15) is 5.75 Å². The number of rotatable bonds is 6. The summed E-state index contributed by atoms with van der Waals surface area (Å²) in [6.07, 6.45) is 2.73. The van der Waals surface area contributed by atoms with Crippen LogP contribution in [0.1, 0.15) is 38.7 Å². The molecule has 2 rings (SSSR count). The van der Waals surface area contributed by atoms with Gasteiger partial charge in [-0.1, -0.05) is 26.0 Å². The van der Waals surface area contributed by atoms with Crippen LogP contribution >= 0.6 is 0 Å². The SMILES string of the molecule is CCCOc1ccc(CCC(=O)N2CCC(C)C(O)C2)cc1. The number of carbonyl (C=O) groups is 1. The molecule has 0 saturated carbocycles. The zero-order valence-electron chi connectivity index (χ0n) is 13.6. The second kappa shape index (κ2) is 8.18. The van der Waals surface area contributed by atoms with Gasteiger partial charge in [0.2, 0.25) is 5.91 Å². The smallest absolute Gasteiger partial charge is 0.222 e. The van der Waals surface area contributed by atoms with Crippen molar-refractivity contribution in [2.45, 2.75) is 45.6 Å². The van der Waals surface area contributed by atoms with Crippen LogP contribution in [0.15, 0.2) is 24.3 Å². The van der Waals surface area contributed by atoms with Crippen LogP contribution in [-0.2, 0) is 11.2 Å². The van der Waals surface area contributed by atoms with E-state index in [0.29, 0.717) is 18.9 Å². The molecular weight excluding hydrogens is 278 g/mol. The Morgan fingerprint density at radius 2 is 2.09 bits per heavy atom. The van der Waals surface area contributed by atoms with E-state index >= 15 is 0 Å². The topological polar surface area (TPSA) is 49.8 Å². The second-order valence-electron chi connectivity index (χ2n) is 6.17. The number of amides is 1. The maximum Gasteiger partial charge on any atom is 0.222 e. The van der Waals surface area contributed by atoms with Gasteiger partial charge in [-0.2, -0.15) is 0 Å². The number of β-amino-alcohol motifs (C(OH)–C–C–N with tert-alkyl or cyclic N) is 1. The molecular formula is C18H27NO3. The maximum atomic E-state index is 12.2. The summed E-state index contributed by atoms with van der Waals surface area (Å²) in [5, 5.41) is 9.88. The number of benzene rings is 1. The molecule has 1 aliphatic heterocycles. The van der Waals surface area contributed by atoms with E-state index in [0.717, 1.165) is 43.7 Å². The van der Waals surface area contributed by atoms with Crippen LogP contribution < -0.4 is 4.74 Å². The summed E-state index contributed by atoms with van der Waals surface area (Å²) < 4.78 is 5.55. The lowest BCUT2D eigenvalue weighted by molar-refractivity contribution is -0.135. The highest BCUT2D eigenvalue weighted by Gasteiger charge is 2.26. The molecule has 1 aliphatic rings. The zero-order valence-corrected chi connectivity index (χ0v) is 13.6. The number of piperidine rings is 1. The number of nitrogens with zero attached hydrogens (tertiary/aromatic N) is 1. The van der Waals surface area contributed by atoms with Gasteiger partial charge in [0, 0.05) is 19.5 Å². The number of likely N-dealkylation sites (tertiary alicyclic amines) is 1. The van der Waals surface area contributed by atoms with E-state index in [2.05, 4.69) is 6.92 Å². The van der Waals surface area contributed by atoms with Crippen molar-refractivity contribution in [2.75, 3.05) is 19.7 Å². The Bertz CT molecular complexity index is 472. The van der Waals surface area contributed by atoms with Gasteiger partial charge in [-0.25, -0.2) is 0 Å². The third kappa shape index (κ3) is 4.73. The summed E-state index contributed by atoms with van der Waals surface area (Å²) in [6.45, 7) is 6.09. The fourth-order valence-electron chi connectivity index (χ4n) is 2.66. The number of ether oxygens (including phenoxy) is 1. The van der Waals surface area contributed by atoms with Gasteiger partial charge in [-0.15, -0.1) is 0 Å². The molecule has 1 N–H and O–H groups in total. The van der Waals surface area contributed by atoms with Crippen molar-refractivity contribution in [1.82, 2.24) is 4.90 Å². The fourth-order valence-corrected chi connectivity index (χ4v) is 2.66. The molecule has 2 atom stereocenters. The van der Waals surface area contributed by atoms with Gasteiger partial charge >= 0.3 is 0 Å². The van der Waals surface area contributed by atoms with Gasteiger partial charge in [-0.3, -0.25) is 4.79 Å². The average Bonchev–Trinajstić information content (AvgIpc) is 2.54. The number of aryl methyl sites for hydroxylation is 1. The van der Waals surface area contributed by atoms with E-state index in [9.17, 15) is 9.90 Å². The van der Waals surface area contributed by atoms with Crippen molar-refractivity contribution >= 4 is 5.91 Å². The lowest BCUT2D eigenvalue weighted by Gasteiger charge is -2.34. The standard InChI is InChI=1S/C18H27NO3/c1-3-12-22-16-7-4-15(5-8-16)6-9-18(21)19-11-10-14(2)17(20)13-19/h4-5,7-8,14,17,20H,3,6,9-13H2,1-2H3. The first kappa shape index (κ1) is 16.8. The molecule has 1 saturated heterocycles. The summed E-state index contributed by atoms with van der Waals surface area (Å²) >= 11 is 0. The van der Waals surface area contributed by atoms with Crippen LogP contribution in [0, 0.1) is 5.92 Å². The van der Waals surface area contributed by atoms with Crippen LogP contribution in [0.3, 0.4) is 0 Å². The first-order valence-corrected chi connectivity index (χ1v) is 8.27. The molecule has 122 valence electrons. The number of hydrogen-bond donors (Lipinski definition) is 1. The first-order valence-electron chi connectivity index (χ1n) is 8.27. The van der Waals surface area contributed by atoms with Crippen molar-refractivity contribution in [3.63, 3.8) is 0 Å². The minimum Gasteiger partial charge on any atom is -0.494 e. The van der Waals surface area contributed by atoms with E-state index < -0.39 is 0 Å². The summed E-state index contributed by atoms with van der Waals surface area (Å²) in [5.41, 5.74) is 1.14. The molecule has 22 heavy (non-hydrogen) atoms. The number of carbonyl (C=O) groups excluding carboxylic acids is 1. The molecule has 1 fully saturated rings. The second-order valence-corrected chi connectivity index (χ2v) is 6.17. The van der Waals surface area contributed by atoms with Crippen molar-refractivity contribution in [3.8, 4) is 5.75 Å². The van der Waals surface area contributed by atoms with Crippen molar-refractivity contribution in [1.29, 1.82) is 0 Å². The van der Waals surface area contributed by atoms with E-state index in [1.807, 2.05) is 31.2 Å². The van der Waals surface area contributed by atoms with Crippen LogP contribution in [-0.4, -0.2) is 41.7 Å². The third-order valence-electron chi connectivity index (χ3n) is 4.30. The van der Waals surface area contributed by atoms with Gasteiger partial charge in [0.25, 0.3) is 0 Å². The lowest BCUT2D eigenvalue weighted by Crippen LogP contribution is -2.45. The van der Waals surface area contributed by atoms with Crippen LogP contribution in [0.4, 0.5) is 0 Å². The van der Waals surface area contributed by atoms with Crippen molar-refractivity contribution in [2.24, 2.45) is 5.92 Å². The Hall–Kier alpha value is -1.55. The molecule has 0 aliphatic carbocycles. The molecule has 4 heteroatoms. The number of aliphatic hydroxyl groups is 1. The number of hydrogen-bond acceptors (Lipinski definition) is 3. The molecule has 0 spiro atoms. The van der Waals surface area contributed by atoms with Crippen molar-refractivity contribution < 1.29 is 14.6 Å². The molecule has 4 nitrogen and oxygen atoms in total. The minimum atomic E-state index is -0.382. The first-order chi connectivity index (χ1) is 10.6. The monoisotopic (exact) mass is 305 g/mol. The van der Waals surface area contributed by atoms with Crippen molar-refractivity contribution in [3.05, 3.63) is 29.8 Å². The molecule has 0 aromatic heterocycles. The van der Waals surface area contributed by atoms with Gasteiger partial charge < -0.3 is 14.7 Å². The minimum absolute atomic E-state index is 0.136. The summed E-state index contributed by atoms with van der Waals surface area (Å²) in [7, 11) is 0. The van der Waals surface area contributed by atoms with Gasteiger partial charge in [-0.05, 0) is 42.9 Å². The third-order valence-corrected chi connectivity index (χ3v) is 4.30. The summed E-state index contributed by atoms with van der Waals surface area (Å²) in [6, 6.07) is 7.96. The Labute approximate surface area is 133 Å². The van der Waals surface area contributed by atoms with Crippen LogP contribution in [0.2, 0.25) is 0 Å². The Kier molecular flexibility index (Phi) is 6.25. The van der Waals surface area contributed by atoms with Gasteiger partial charge in [0.05, 0.1) is 12.7 Å². The zero-order chi connectivity index (χ0) is 15.9. The molecule has 0 radical (unpaired) electrons. The lowest BCUT2D eigenvalue weighted by atomic mass is 9.95. The quantitative estimate of drug-likeness (QED) is 0.879. The van der Waals surface area contributed by atoms with E-state index in [-0.39, 0.29) is 12.0 Å². The molecule has 0 bridgehead atoms. The van der Waals surface area contributed by atoms with Crippen LogP contribution in [0.25, 0.3) is 0 Å². The highest BCUT2D eigenvalue weighted by Crippen LogP contribution is 2.19. The predicted molar refractivity (Wildman–Crippen MR) is 86.9 cm³/mol. The van der Waals surface area contributed by atoms with Crippen LogP contribution in [0.5, 0.6) is 5.75 Å². The normalized spacial score (nSPS) is 21.7. The Balaban J connectivity index is 1.78. The average molecular weight is 305 g/mol. The van der Waals surface area contributed by atoms with E-state index in [4.69, 9.17) is 4.74 Å². The maximum absolute atomic E-state index is 12.2. The molecule has 1 heterocycles. The Morgan fingerprint density at radius 3 is 2.73 bits per heavy atom. The Morgan fingerprint density at radius 1 is 1.36 bits per heavy atom. The molecule has 2 unspecified atom stereocenters. The molecule has 1 aromatic rings. The van der Waals surface area contributed by atoms with Gasteiger partial charge in [0.15, 0.2) is 0 Å².